The van der Waals surface area contributed by atoms with E-state index in [2.05, 4.69) is 4.98 Å². The summed E-state index contributed by atoms with van der Waals surface area (Å²) in [6.45, 7) is 5.71. The molecule has 2 atom stereocenters. The molecule has 0 bridgehead atoms. The molecule has 5 nitrogen and oxygen atoms in total. The van der Waals surface area contributed by atoms with Crippen molar-refractivity contribution >= 4 is 17.0 Å². The van der Waals surface area contributed by atoms with E-state index < -0.39 is 12.1 Å². The minimum Gasteiger partial charge on any atom is -0.478 e. The number of rotatable bonds is 5. The number of aliphatic hydroxyl groups is 1. The van der Waals surface area contributed by atoms with Crippen LogP contribution in [0.4, 0.5) is 0 Å². The Kier molecular flexibility index (Phi) is 4.09. The Labute approximate surface area is 117 Å². The first-order valence-electron chi connectivity index (χ1n) is 6.86. The fourth-order valence-corrected chi connectivity index (χ4v) is 2.69. The lowest BCUT2D eigenvalue weighted by Crippen LogP contribution is -2.15. The van der Waals surface area contributed by atoms with Crippen LogP contribution in [0.3, 0.4) is 0 Å². The van der Waals surface area contributed by atoms with Crippen molar-refractivity contribution in [3.63, 3.8) is 0 Å². The van der Waals surface area contributed by atoms with Gasteiger partial charge in [-0.2, -0.15) is 0 Å². The highest BCUT2D eigenvalue weighted by Gasteiger charge is 2.20. The highest BCUT2D eigenvalue weighted by Crippen LogP contribution is 2.27. The fraction of sp³-hybridized carbons (Fsp3) is 0.467. The largest absolute Gasteiger partial charge is 0.478 e. The summed E-state index contributed by atoms with van der Waals surface area (Å²) in [5, 5.41) is 18.9. The smallest absolute Gasteiger partial charge is 0.337 e. The predicted octanol–water partition coefficient (Wildman–Crippen LogP) is 2.63. The molecule has 1 heterocycles. The number of aryl methyl sites for hydroxylation is 1. The minimum absolute atomic E-state index is 0.00421. The predicted molar refractivity (Wildman–Crippen MR) is 77.1 cm³/mol. The van der Waals surface area contributed by atoms with E-state index in [0.717, 1.165) is 12.2 Å². The lowest BCUT2D eigenvalue weighted by molar-refractivity contribution is 0.0698. The molecule has 5 heteroatoms. The minimum atomic E-state index is -0.955. The summed E-state index contributed by atoms with van der Waals surface area (Å²) in [4.78, 5) is 15.9. The maximum absolute atomic E-state index is 11.4. The number of imidazole rings is 1. The third kappa shape index (κ3) is 2.54. The highest BCUT2D eigenvalue weighted by atomic mass is 16.4. The van der Waals surface area contributed by atoms with Gasteiger partial charge < -0.3 is 14.8 Å². The molecule has 2 N–H and O–H groups in total. The SMILES string of the molecule is CCc1nc2cccc(C(=O)O)c2n1C(C)CC(C)O. The van der Waals surface area contributed by atoms with Gasteiger partial charge in [0.05, 0.1) is 22.7 Å². The van der Waals surface area contributed by atoms with Crippen molar-refractivity contribution in [3.8, 4) is 0 Å². The van der Waals surface area contributed by atoms with Gasteiger partial charge in [0.15, 0.2) is 0 Å². The number of hydrogen-bond donors (Lipinski definition) is 2. The molecule has 108 valence electrons. The average molecular weight is 276 g/mol. The van der Waals surface area contributed by atoms with Crippen molar-refractivity contribution in [3.05, 3.63) is 29.6 Å². The van der Waals surface area contributed by atoms with Crippen LogP contribution in [0.1, 0.15) is 49.4 Å². The third-order valence-corrected chi connectivity index (χ3v) is 3.45. The second-order valence-corrected chi connectivity index (χ2v) is 5.16. The lowest BCUT2D eigenvalue weighted by atomic mass is 10.1. The van der Waals surface area contributed by atoms with Gasteiger partial charge in [-0.15, -0.1) is 0 Å². The van der Waals surface area contributed by atoms with Crippen LogP contribution in [0.2, 0.25) is 0 Å². The molecule has 0 spiro atoms. The van der Waals surface area contributed by atoms with E-state index in [1.165, 1.54) is 0 Å². The van der Waals surface area contributed by atoms with E-state index in [1.807, 2.05) is 24.5 Å². The summed E-state index contributed by atoms with van der Waals surface area (Å²) in [5.41, 5.74) is 1.59. The molecule has 2 rings (SSSR count). The molecule has 1 aromatic carbocycles. The number of aromatic nitrogens is 2. The first kappa shape index (κ1) is 14.5. The monoisotopic (exact) mass is 276 g/mol. The molecule has 20 heavy (non-hydrogen) atoms. The number of aliphatic hydroxyl groups excluding tert-OH is 1. The zero-order valence-corrected chi connectivity index (χ0v) is 12.0. The number of carboxylic acid groups (broad SMARTS) is 1. The number of fused-ring (bicyclic) bond motifs is 1. The molecular weight excluding hydrogens is 256 g/mol. The molecule has 0 fully saturated rings. The molecule has 0 aliphatic rings. The van der Waals surface area contributed by atoms with Gasteiger partial charge in [-0.25, -0.2) is 9.78 Å². The van der Waals surface area contributed by atoms with Crippen molar-refractivity contribution < 1.29 is 15.0 Å². The average Bonchev–Trinajstić information content (AvgIpc) is 2.75. The van der Waals surface area contributed by atoms with E-state index in [1.54, 1.807) is 19.1 Å². The van der Waals surface area contributed by atoms with Crippen molar-refractivity contribution in [1.82, 2.24) is 9.55 Å². The summed E-state index contributed by atoms with van der Waals surface area (Å²) in [6, 6.07) is 5.13. The second kappa shape index (κ2) is 5.63. The molecule has 0 amide bonds. The topological polar surface area (TPSA) is 75.3 Å². The summed E-state index contributed by atoms with van der Waals surface area (Å²) in [7, 11) is 0. The zero-order valence-electron chi connectivity index (χ0n) is 12.0. The maximum Gasteiger partial charge on any atom is 0.337 e. The van der Waals surface area contributed by atoms with Crippen molar-refractivity contribution in [2.75, 3.05) is 0 Å². The number of aromatic carboxylic acids is 1. The van der Waals surface area contributed by atoms with E-state index in [-0.39, 0.29) is 11.6 Å². The van der Waals surface area contributed by atoms with Crippen LogP contribution >= 0.6 is 0 Å². The third-order valence-electron chi connectivity index (χ3n) is 3.45. The quantitative estimate of drug-likeness (QED) is 0.880. The normalized spacial score (nSPS) is 14.4. The number of carbonyl (C=O) groups is 1. The van der Waals surface area contributed by atoms with E-state index in [9.17, 15) is 15.0 Å². The van der Waals surface area contributed by atoms with Crippen LogP contribution in [-0.4, -0.2) is 31.8 Å². The maximum atomic E-state index is 11.4. The van der Waals surface area contributed by atoms with Crippen LogP contribution in [-0.2, 0) is 6.42 Å². The summed E-state index contributed by atoms with van der Waals surface area (Å²) in [5.74, 6) is -0.106. The van der Waals surface area contributed by atoms with Crippen LogP contribution in [0, 0.1) is 0 Å². The van der Waals surface area contributed by atoms with Crippen LogP contribution < -0.4 is 0 Å². The van der Waals surface area contributed by atoms with Crippen molar-refractivity contribution in [1.29, 1.82) is 0 Å². The van der Waals surface area contributed by atoms with Gasteiger partial charge in [-0.05, 0) is 32.4 Å². The van der Waals surface area contributed by atoms with Crippen LogP contribution in [0.5, 0.6) is 0 Å². The first-order valence-corrected chi connectivity index (χ1v) is 6.86. The van der Waals surface area contributed by atoms with Crippen molar-refractivity contribution in [2.24, 2.45) is 0 Å². The molecule has 1 aromatic heterocycles. The Bertz CT molecular complexity index is 631. The molecule has 2 aromatic rings. The molecule has 0 saturated carbocycles. The van der Waals surface area contributed by atoms with E-state index in [0.29, 0.717) is 17.5 Å². The van der Waals surface area contributed by atoms with Crippen LogP contribution in [0.25, 0.3) is 11.0 Å². The molecule has 2 unspecified atom stereocenters. The number of carboxylic acids is 1. The fourth-order valence-electron chi connectivity index (χ4n) is 2.69. The van der Waals surface area contributed by atoms with E-state index >= 15 is 0 Å². The lowest BCUT2D eigenvalue weighted by Gasteiger charge is -2.19. The van der Waals surface area contributed by atoms with Gasteiger partial charge in [-0.1, -0.05) is 13.0 Å². The summed E-state index contributed by atoms with van der Waals surface area (Å²) in [6.07, 6.45) is 0.841. The number of hydrogen-bond acceptors (Lipinski definition) is 3. The molecular formula is C15H20N2O3. The summed E-state index contributed by atoms with van der Waals surface area (Å²) >= 11 is 0. The number of nitrogens with zero attached hydrogens (tertiary/aromatic N) is 2. The molecule has 0 radical (unpaired) electrons. The van der Waals surface area contributed by atoms with Gasteiger partial charge in [0.1, 0.15) is 5.82 Å². The standard InChI is InChI=1S/C15H20N2O3/c1-4-13-16-12-7-5-6-11(15(19)20)14(12)17(13)9(2)8-10(3)18/h5-7,9-10,18H,4,8H2,1-3H3,(H,19,20). The summed E-state index contributed by atoms with van der Waals surface area (Å²) < 4.78 is 1.95. The Morgan fingerprint density at radius 2 is 2.10 bits per heavy atom. The molecule has 0 aliphatic heterocycles. The zero-order chi connectivity index (χ0) is 14.9. The van der Waals surface area contributed by atoms with Gasteiger partial charge >= 0.3 is 5.97 Å². The first-order chi connectivity index (χ1) is 9.45. The van der Waals surface area contributed by atoms with Gasteiger partial charge in [0, 0.05) is 12.5 Å². The highest BCUT2D eigenvalue weighted by molar-refractivity contribution is 6.01. The van der Waals surface area contributed by atoms with Gasteiger partial charge in [0.2, 0.25) is 0 Å². The van der Waals surface area contributed by atoms with Gasteiger partial charge in [0.25, 0.3) is 0 Å². The van der Waals surface area contributed by atoms with Gasteiger partial charge in [-0.3, -0.25) is 0 Å². The van der Waals surface area contributed by atoms with E-state index in [4.69, 9.17) is 0 Å². The second-order valence-electron chi connectivity index (χ2n) is 5.16. The Hall–Kier alpha value is -1.88. The Morgan fingerprint density at radius 3 is 2.65 bits per heavy atom. The molecule has 0 aliphatic carbocycles. The van der Waals surface area contributed by atoms with Crippen LogP contribution in [0.15, 0.2) is 18.2 Å². The Balaban J connectivity index is 2.69. The molecule has 0 saturated heterocycles. The Morgan fingerprint density at radius 1 is 1.40 bits per heavy atom. The van der Waals surface area contributed by atoms with Crippen molar-refractivity contribution in [2.45, 2.75) is 45.8 Å². The number of benzene rings is 1. The number of para-hydroxylation sites is 1.